The highest BCUT2D eigenvalue weighted by Gasteiger charge is 2.49. The quantitative estimate of drug-likeness (QED) is 0.698. The second kappa shape index (κ2) is 3.23. The molecule has 3 heteroatoms. The number of rotatable bonds is 2. The van der Waals surface area contributed by atoms with Gasteiger partial charge in [0, 0.05) is 18.4 Å². The molecule has 1 aliphatic carbocycles. The van der Waals surface area contributed by atoms with Gasteiger partial charge in [0.15, 0.2) is 0 Å². The summed E-state index contributed by atoms with van der Waals surface area (Å²) in [5.74, 6) is 0. The summed E-state index contributed by atoms with van der Waals surface area (Å²) in [5, 5.41) is 9.51. The van der Waals surface area contributed by atoms with Crippen LogP contribution in [0.4, 0.5) is 0 Å². The predicted molar refractivity (Wildman–Crippen MR) is 48.5 cm³/mol. The summed E-state index contributed by atoms with van der Waals surface area (Å²) in [7, 11) is 0. The highest BCUT2D eigenvalue weighted by molar-refractivity contribution is 4.98. The van der Waals surface area contributed by atoms with Gasteiger partial charge in [-0.25, -0.2) is 0 Å². The van der Waals surface area contributed by atoms with Crippen LogP contribution < -0.4 is 0 Å². The van der Waals surface area contributed by atoms with Gasteiger partial charge < -0.3 is 14.6 Å². The van der Waals surface area contributed by atoms with E-state index in [4.69, 9.17) is 9.47 Å². The lowest BCUT2D eigenvalue weighted by Gasteiger charge is -2.49. The Kier molecular flexibility index (Phi) is 2.34. The number of ether oxygens (including phenoxy) is 2. The smallest absolute Gasteiger partial charge is 0.0834 e. The Bertz CT molecular complexity index is 185. The number of hydrogen-bond donors (Lipinski definition) is 1. The van der Waals surface area contributed by atoms with Gasteiger partial charge in [0.25, 0.3) is 0 Å². The van der Waals surface area contributed by atoms with E-state index in [0.29, 0.717) is 0 Å². The summed E-state index contributed by atoms with van der Waals surface area (Å²) in [6.07, 6.45) is 2.07. The summed E-state index contributed by atoms with van der Waals surface area (Å²) < 4.78 is 11.1. The molecule has 0 aromatic carbocycles. The second-order valence-corrected chi connectivity index (χ2v) is 4.68. The number of aliphatic hydroxyl groups excluding tert-OH is 1. The first-order valence-electron chi connectivity index (χ1n) is 5.02. The van der Waals surface area contributed by atoms with E-state index < -0.39 is 0 Å². The van der Waals surface area contributed by atoms with Crippen molar-refractivity contribution in [1.29, 1.82) is 0 Å². The Labute approximate surface area is 79.0 Å². The van der Waals surface area contributed by atoms with Gasteiger partial charge in [0.1, 0.15) is 0 Å². The Balaban J connectivity index is 1.83. The Morgan fingerprint density at radius 1 is 1.46 bits per heavy atom. The van der Waals surface area contributed by atoms with Gasteiger partial charge in [-0.2, -0.15) is 0 Å². The molecule has 3 atom stereocenters. The maximum Gasteiger partial charge on any atom is 0.0834 e. The fourth-order valence-electron chi connectivity index (χ4n) is 1.95. The van der Waals surface area contributed by atoms with Crippen molar-refractivity contribution in [2.24, 2.45) is 5.41 Å². The monoisotopic (exact) mass is 186 g/mol. The van der Waals surface area contributed by atoms with Crippen molar-refractivity contribution >= 4 is 0 Å². The van der Waals surface area contributed by atoms with Gasteiger partial charge in [0.05, 0.1) is 24.9 Å². The average Bonchev–Trinajstić information content (AvgIpc) is 2.56. The number of aliphatic hydroxyl groups is 1. The molecule has 2 fully saturated rings. The first-order valence-corrected chi connectivity index (χ1v) is 5.02. The highest BCUT2D eigenvalue weighted by atomic mass is 16.6. The van der Waals surface area contributed by atoms with Crippen LogP contribution in [-0.2, 0) is 9.47 Å². The molecule has 0 bridgehead atoms. The molecule has 1 aliphatic heterocycles. The van der Waals surface area contributed by atoms with Crippen molar-refractivity contribution in [3.05, 3.63) is 0 Å². The van der Waals surface area contributed by atoms with E-state index in [1.165, 1.54) is 0 Å². The zero-order valence-corrected chi connectivity index (χ0v) is 8.32. The van der Waals surface area contributed by atoms with Crippen molar-refractivity contribution in [3.8, 4) is 0 Å². The van der Waals surface area contributed by atoms with Gasteiger partial charge in [-0.3, -0.25) is 0 Å². The molecule has 1 saturated carbocycles. The topological polar surface area (TPSA) is 38.7 Å². The van der Waals surface area contributed by atoms with E-state index in [-0.39, 0.29) is 23.7 Å². The van der Waals surface area contributed by atoms with Crippen LogP contribution in [-0.4, -0.2) is 36.6 Å². The molecule has 1 saturated heterocycles. The largest absolute Gasteiger partial charge is 0.392 e. The first kappa shape index (κ1) is 9.44. The molecule has 0 radical (unpaired) electrons. The Morgan fingerprint density at radius 2 is 2.23 bits per heavy atom. The van der Waals surface area contributed by atoms with Gasteiger partial charge in [-0.05, 0) is 6.42 Å². The fourth-order valence-corrected chi connectivity index (χ4v) is 1.95. The normalized spacial score (nSPS) is 43.2. The molecule has 2 rings (SSSR count). The summed E-state index contributed by atoms with van der Waals surface area (Å²) in [6, 6.07) is 0. The fraction of sp³-hybridized carbons (Fsp3) is 1.00. The predicted octanol–water partition coefficient (Wildman–Crippen LogP) is 0.951. The molecule has 0 spiro atoms. The van der Waals surface area contributed by atoms with Gasteiger partial charge in [0.2, 0.25) is 0 Å². The number of hydrogen-bond acceptors (Lipinski definition) is 3. The standard InChI is InChI=1S/C10H18O3/c1-10(2)8(11)5-9(10)13-7-3-4-12-6-7/h7-9,11H,3-6H2,1-2H3. The van der Waals surface area contributed by atoms with E-state index >= 15 is 0 Å². The van der Waals surface area contributed by atoms with E-state index in [1.807, 2.05) is 0 Å². The first-order chi connectivity index (χ1) is 6.10. The van der Waals surface area contributed by atoms with Crippen LogP contribution in [0.25, 0.3) is 0 Å². The lowest BCUT2D eigenvalue weighted by Crippen LogP contribution is -2.55. The van der Waals surface area contributed by atoms with Crippen molar-refractivity contribution in [1.82, 2.24) is 0 Å². The maximum atomic E-state index is 9.51. The van der Waals surface area contributed by atoms with Crippen LogP contribution in [0.3, 0.4) is 0 Å². The Morgan fingerprint density at radius 3 is 2.69 bits per heavy atom. The second-order valence-electron chi connectivity index (χ2n) is 4.68. The molecule has 1 heterocycles. The van der Waals surface area contributed by atoms with Crippen molar-refractivity contribution in [2.45, 2.75) is 45.0 Å². The third-order valence-electron chi connectivity index (χ3n) is 3.37. The van der Waals surface area contributed by atoms with Crippen LogP contribution in [0.5, 0.6) is 0 Å². The lowest BCUT2D eigenvalue weighted by atomic mass is 9.66. The van der Waals surface area contributed by atoms with E-state index in [0.717, 1.165) is 26.1 Å². The average molecular weight is 186 g/mol. The van der Waals surface area contributed by atoms with Crippen molar-refractivity contribution in [3.63, 3.8) is 0 Å². The molecule has 13 heavy (non-hydrogen) atoms. The molecular formula is C10H18O3. The van der Waals surface area contributed by atoms with Crippen LogP contribution in [0, 0.1) is 5.41 Å². The van der Waals surface area contributed by atoms with Crippen molar-refractivity contribution < 1.29 is 14.6 Å². The van der Waals surface area contributed by atoms with Crippen LogP contribution in [0.2, 0.25) is 0 Å². The minimum Gasteiger partial charge on any atom is -0.392 e. The minimum absolute atomic E-state index is 0.0669. The van der Waals surface area contributed by atoms with E-state index in [9.17, 15) is 5.11 Å². The molecule has 76 valence electrons. The summed E-state index contributed by atoms with van der Waals surface area (Å²) >= 11 is 0. The molecule has 1 N–H and O–H groups in total. The minimum atomic E-state index is -0.195. The highest BCUT2D eigenvalue weighted by Crippen LogP contribution is 2.43. The molecule has 3 nitrogen and oxygen atoms in total. The van der Waals surface area contributed by atoms with E-state index in [1.54, 1.807) is 0 Å². The third kappa shape index (κ3) is 1.60. The molecular weight excluding hydrogens is 168 g/mol. The summed E-state index contributed by atoms with van der Waals surface area (Å²) in [4.78, 5) is 0. The lowest BCUT2D eigenvalue weighted by molar-refractivity contribution is -0.193. The van der Waals surface area contributed by atoms with E-state index in [2.05, 4.69) is 13.8 Å². The molecule has 2 aliphatic rings. The van der Waals surface area contributed by atoms with Gasteiger partial charge in [-0.1, -0.05) is 13.8 Å². The maximum absolute atomic E-state index is 9.51. The van der Waals surface area contributed by atoms with Gasteiger partial charge >= 0.3 is 0 Å². The van der Waals surface area contributed by atoms with Crippen LogP contribution in [0.15, 0.2) is 0 Å². The Hall–Kier alpha value is -0.120. The molecule has 0 amide bonds. The van der Waals surface area contributed by atoms with Crippen LogP contribution >= 0.6 is 0 Å². The SMILES string of the molecule is CC1(C)C(O)CC1OC1CCOC1. The van der Waals surface area contributed by atoms with Crippen molar-refractivity contribution in [2.75, 3.05) is 13.2 Å². The molecule has 0 aromatic rings. The van der Waals surface area contributed by atoms with Crippen LogP contribution in [0.1, 0.15) is 26.7 Å². The zero-order valence-electron chi connectivity index (χ0n) is 8.32. The zero-order chi connectivity index (χ0) is 9.47. The molecule has 0 aromatic heterocycles. The third-order valence-corrected chi connectivity index (χ3v) is 3.37. The molecule has 3 unspecified atom stereocenters. The summed E-state index contributed by atoms with van der Waals surface area (Å²) in [5.41, 5.74) is -0.0669. The van der Waals surface area contributed by atoms with Gasteiger partial charge in [-0.15, -0.1) is 0 Å². The summed E-state index contributed by atoms with van der Waals surface area (Å²) in [6.45, 7) is 5.66.